The number of nitrogens with zero attached hydrogens (tertiary/aromatic N) is 5. The van der Waals surface area contributed by atoms with E-state index in [0.29, 0.717) is 30.2 Å². The lowest BCUT2D eigenvalue weighted by molar-refractivity contribution is 0.0762. The van der Waals surface area contributed by atoms with Crippen molar-refractivity contribution in [2.24, 2.45) is 0 Å². The third-order valence-corrected chi connectivity index (χ3v) is 7.87. The summed E-state index contributed by atoms with van der Waals surface area (Å²) in [5.41, 5.74) is 3.84. The number of hydrogen-bond acceptors (Lipinski definition) is 7. The number of piperazine rings is 1. The van der Waals surface area contributed by atoms with E-state index in [1.54, 1.807) is 20.3 Å². The highest BCUT2D eigenvalue weighted by atomic mass is 16.5. The molecule has 188 valence electrons. The van der Waals surface area contributed by atoms with Crippen molar-refractivity contribution >= 4 is 11.9 Å². The normalized spacial score (nSPS) is 19.1. The molecule has 2 fully saturated rings. The van der Waals surface area contributed by atoms with E-state index in [-0.39, 0.29) is 5.91 Å². The Labute approximate surface area is 208 Å². The Kier molecular flexibility index (Phi) is 7.09. The van der Waals surface area contributed by atoms with Crippen LogP contribution in [-0.2, 0) is 19.3 Å². The second kappa shape index (κ2) is 10.4. The van der Waals surface area contributed by atoms with Crippen LogP contribution in [0.15, 0.2) is 18.3 Å². The topological polar surface area (TPSA) is 71.0 Å². The first-order valence-corrected chi connectivity index (χ1v) is 13.0. The minimum absolute atomic E-state index is 0.0220. The van der Waals surface area contributed by atoms with Gasteiger partial charge in [0.2, 0.25) is 5.95 Å². The molecule has 1 aromatic carbocycles. The van der Waals surface area contributed by atoms with Crippen LogP contribution in [0.25, 0.3) is 0 Å². The summed E-state index contributed by atoms with van der Waals surface area (Å²) in [4.78, 5) is 30.0. The lowest BCUT2D eigenvalue weighted by Crippen LogP contribution is -2.52. The zero-order chi connectivity index (χ0) is 24.4. The van der Waals surface area contributed by atoms with Gasteiger partial charge in [-0.05, 0) is 48.9 Å². The lowest BCUT2D eigenvalue weighted by atomic mass is 9.91. The number of hydrogen-bond donors (Lipinski definition) is 0. The second-order valence-electron chi connectivity index (χ2n) is 9.77. The van der Waals surface area contributed by atoms with E-state index in [4.69, 9.17) is 19.4 Å². The van der Waals surface area contributed by atoms with Gasteiger partial charge >= 0.3 is 0 Å². The Morgan fingerprint density at radius 3 is 2.46 bits per heavy atom. The Balaban J connectivity index is 1.26. The van der Waals surface area contributed by atoms with Crippen LogP contribution in [0.5, 0.6) is 11.5 Å². The van der Waals surface area contributed by atoms with Crippen LogP contribution in [0.2, 0.25) is 0 Å². The first kappa shape index (κ1) is 23.9. The van der Waals surface area contributed by atoms with Crippen molar-refractivity contribution in [1.29, 1.82) is 0 Å². The van der Waals surface area contributed by atoms with Crippen molar-refractivity contribution in [2.75, 3.05) is 58.4 Å². The molecule has 2 aliphatic heterocycles. The van der Waals surface area contributed by atoms with Gasteiger partial charge in [0.1, 0.15) is 0 Å². The molecular formula is C27H37N5O3. The molecule has 1 aromatic heterocycles. The average molecular weight is 480 g/mol. The first-order valence-electron chi connectivity index (χ1n) is 13.0. The minimum atomic E-state index is 0.0220. The number of amides is 1. The molecule has 1 saturated carbocycles. The Morgan fingerprint density at radius 2 is 1.80 bits per heavy atom. The molecule has 3 heterocycles. The standard InChI is InChI=1S/C27H37N5O3/c1-4-19-16-21(17-24(34-2)25(19)35-3)26(33)31-10-8-20-18-28-27(29-23(20)9-11-31)32-14-12-30(13-15-32)22-6-5-7-22/h16-18,22H,4-15H2,1-3H3. The molecule has 0 bridgehead atoms. The fraction of sp³-hybridized carbons (Fsp3) is 0.593. The zero-order valence-corrected chi connectivity index (χ0v) is 21.3. The molecule has 0 radical (unpaired) electrons. The Hall–Kier alpha value is -2.87. The number of benzene rings is 1. The van der Waals surface area contributed by atoms with Crippen LogP contribution in [0, 0.1) is 0 Å². The minimum Gasteiger partial charge on any atom is -0.493 e. The molecule has 0 N–H and O–H groups in total. The maximum absolute atomic E-state index is 13.4. The van der Waals surface area contributed by atoms with Crippen LogP contribution in [0.3, 0.4) is 0 Å². The van der Waals surface area contributed by atoms with Gasteiger partial charge in [-0.3, -0.25) is 9.69 Å². The molecule has 35 heavy (non-hydrogen) atoms. The highest BCUT2D eigenvalue weighted by Gasteiger charge is 2.29. The third-order valence-electron chi connectivity index (χ3n) is 7.87. The molecule has 1 saturated heterocycles. The monoisotopic (exact) mass is 479 g/mol. The van der Waals surface area contributed by atoms with Gasteiger partial charge in [0.15, 0.2) is 11.5 Å². The molecule has 8 heteroatoms. The van der Waals surface area contributed by atoms with Crippen LogP contribution in [0.4, 0.5) is 5.95 Å². The summed E-state index contributed by atoms with van der Waals surface area (Å²) in [7, 11) is 3.24. The van der Waals surface area contributed by atoms with Crippen molar-refractivity contribution in [2.45, 2.75) is 51.5 Å². The third kappa shape index (κ3) is 4.81. The number of carbonyl (C=O) groups is 1. The summed E-state index contributed by atoms with van der Waals surface area (Å²) in [5, 5.41) is 0. The molecule has 0 atom stereocenters. The van der Waals surface area contributed by atoms with Crippen molar-refractivity contribution in [3.8, 4) is 11.5 Å². The van der Waals surface area contributed by atoms with E-state index in [1.165, 1.54) is 19.3 Å². The van der Waals surface area contributed by atoms with Crippen molar-refractivity contribution in [1.82, 2.24) is 19.8 Å². The molecular weight excluding hydrogens is 442 g/mol. The summed E-state index contributed by atoms with van der Waals surface area (Å²) in [6.07, 6.45) is 8.34. The number of fused-ring (bicyclic) bond motifs is 1. The fourth-order valence-electron chi connectivity index (χ4n) is 5.47. The zero-order valence-electron chi connectivity index (χ0n) is 21.3. The van der Waals surface area contributed by atoms with Gasteiger partial charge in [-0.2, -0.15) is 0 Å². The Bertz CT molecular complexity index is 1040. The maximum atomic E-state index is 13.4. The molecule has 0 spiro atoms. The van der Waals surface area contributed by atoms with Gasteiger partial charge in [-0.1, -0.05) is 13.3 Å². The molecule has 2 aromatic rings. The van der Waals surface area contributed by atoms with Gasteiger partial charge in [-0.25, -0.2) is 9.97 Å². The van der Waals surface area contributed by atoms with Gasteiger partial charge in [0.25, 0.3) is 5.91 Å². The molecule has 5 rings (SSSR count). The first-order chi connectivity index (χ1) is 17.1. The van der Waals surface area contributed by atoms with Crippen LogP contribution < -0.4 is 14.4 Å². The summed E-state index contributed by atoms with van der Waals surface area (Å²) in [5.74, 6) is 2.16. The van der Waals surface area contributed by atoms with E-state index in [1.807, 2.05) is 17.2 Å². The van der Waals surface area contributed by atoms with E-state index in [0.717, 1.165) is 74.3 Å². The Morgan fingerprint density at radius 1 is 1.03 bits per heavy atom. The quantitative estimate of drug-likeness (QED) is 0.631. The largest absolute Gasteiger partial charge is 0.493 e. The number of anilines is 1. The van der Waals surface area contributed by atoms with E-state index >= 15 is 0 Å². The van der Waals surface area contributed by atoms with Crippen LogP contribution >= 0.6 is 0 Å². The number of rotatable bonds is 6. The molecule has 8 nitrogen and oxygen atoms in total. The number of aromatic nitrogens is 2. The number of carbonyl (C=O) groups excluding carboxylic acids is 1. The molecule has 3 aliphatic rings. The number of ether oxygens (including phenoxy) is 2. The fourth-order valence-corrected chi connectivity index (χ4v) is 5.47. The summed E-state index contributed by atoms with van der Waals surface area (Å²) in [6.45, 7) is 7.52. The smallest absolute Gasteiger partial charge is 0.254 e. The van der Waals surface area contributed by atoms with E-state index in [2.05, 4.69) is 16.7 Å². The van der Waals surface area contributed by atoms with Crippen LogP contribution in [-0.4, -0.2) is 85.2 Å². The molecule has 1 aliphatic carbocycles. The van der Waals surface area contributed by atoms with Gasteiger partial charge in [0.05, 0.1) is 19.9 Å². The molecule has 0 unspecified atom stereocenters. The van der Waals surface area contributed by atoms with Gasteiger partial charge in [0, 0.05) is 63.5 Å². The van der Waals surface area contributed by atoms with Gasteiger partial charge in [-0.15, -0.1) is 0 Å². The van der Waals surface area contributed by atoms with E-state index in [9.17, 15) is 4.79 Å². The number of methoxy groups -OCH3 is 2. The predicted molar refractivity (Wildman–Crippen MR) is 136 cm³/mol. The highest BCUT2D eigenvalue weighted by molar-refractivity contribution is 5.95. The lowest BCUT2D eigenvalue weighted by Gasteiger charge is -2.43. The van der Waals surface area contributed by atoms with Crippen LogP contribution in [0.1, 0.15) is 53.4 Å². The predicted octanol–water partition coefficient (Wildman–Crippen LogP) is 2.97. The summed E-state index contributed by atoms with van der Waals surface area (Å²) < 4.78 is 11.0. The SMILES string of the molecule is CCc1cc(C(=O)N2CCc3cnc(N4CCN(C5CCC5)CC4)nc3CC2)cc(OC)c1OC. The average Bonchev–Trinajstić information content (AvgIpc) is 3.09. The summed E-state index contributed by atoms with van der Waals surface area (Å²) >= 11 is 0. The number of aryl methyl sites for hydroxylation is 1. The highest BCUT2D eigenvalue weighted by Crippen LogP contribution is 2.33. The molecule has 1 amide bonds. The second-order valence-corrected chi connectivity index (χ2v) is 9.77. The van der Waals surface area contributed by atoms with E-state index < -0.39 is 0 Å². The van der Waals surface area contributed by atoms with Crippen molar-refractivity contribution in [3.05, 3.63) is 40.7 Å². The van der Waals surface area contributed by atoms with Crippen molar-refractivity contribution < 1.29 is 14.3 Å². The summed E-state index contributed by atoms with van der Waals surface area (Å²) in [6, 6.07) is 4.52. The van der Waals surface area contributed by atoms with Crippen molar-refractivity contribution in [3.63, 3.8) is 0 Å². The van der Waals surface area contributed by atoms with Gasteiger partial charge < -0.3 is 19.3 Å². The maximum Gasteiger partial charge on any atom is 0.254 e.